The maximum atomic E-state index is 12.6. The van der Waals surface area contributed by atoms with Gasteiger partial charge in [0.1, 0.15) is 23.5 Å². The molecule has 0 aromatic carbocycles. The van der Waals surface area contributed by atoms with Gasteiger partial charge in [-0.2, -0.15) is 9.61 Å². The van der Waals surface area contributed by atoms with E-state index in [9.17, 15) is 4.79 Å². The third-order valence-corrected chi connectivity index (χ3v) is 5.58. The molecule has 1 fully saturated rings. The first-order valence-electron chi connectivity index (χ1n) is 10.6. The van der Waals surface area contributed by atoms with Crippen molar-refractivity contribution in [2.24, 2.45) is 0 Å². The van der Waals surface area contributed by atoms with Crippen LogP contribution in [0, 0.1) is 0 Å². The summed E-state index contributed by atoms with van der Waals surface area (Å²) in [5, 5.41) is 7.77. The number of rotatable bonds is 6. The van der Waals surface area contributed by atoms with Crippen LogP contribution in [0.4, 0.5) is 17.5 Å². The zero-order chi connectivity index (χ0) is 22.0. The van der Waals surface area contributed by atoms with Gasteiger partial charge in [0, 0.05) is 45.5 Å². The van der Waals surface area contributed by atoms with Crippen molar-refractivity contribution >= 4 is 29.0 Å². The quantitative estimate of drug-likeness (QED) is 0.654. The van der Waals surface area contributed by atoms with Gasteiger partial charge in [-0.1, -0.05) is 6.07 Å². The van der Waals surface area contributed by atoms with E-state index in [0.29, 0.717) is 5.82 Å². The van der Waals surface area contributed by atoms with Gasteiger partial charge < -0.3 is 15.1 Å². The molecule has 1 aliphatic heterocycles. The molecule has 3 aromatic rings. The van der Waals surface area contributed by atoms with Gasteiger partial charge in [0.05, 0.1) is 6.20 Å². The summed E-state index contributed by atoms with van der Waals surface area (Å²) in [6.45, 7) is 2.05. The molecule has 0 unspecified atom stereocenters. The molecule has 1 atom stereocenters. The van der Waals surface area contributed by atoms with Crippen LogP contribution in [-0.2, 0) is 4.79 Å². The van der Waals surface area contributed by atoms with Crippen LogP contribution in [0.15, 0.2) is 36.7 Å². The Morgan fingerprint density at radius 2 is 1.87 bits per heavy atom. The average molecular weight is 423 g/mol. The molecule has 1 aliphatic rings. The maximum absolute atomic E-state index is 12.6. The van der Waals surface area contributed by atoms with Crippen LogP contribution in [-0.4, -0.2) is 76.6 Å². The summed E-state index contributed by atoms with van der Waals surface area (Å²) >= 11 is 0. The predicted octanol–water partition coefficient (Wildman–Crippen LogP) is 2.55. The number of nitrogens with one attached hydrogen (secondary N) is 1. The SMILES string of the molecule is CN(C)C(=O)[C@H](c1ccc(Nc2cc(N3CCCCC3)nc3ccnn23)nc1)N(C)C. The van der Waals surface area contributed by atoms with Gasteiger partial charge in [0.2, 0.25) is 5.91 Å². The molecule has 1 saturated heterocycles. The third kappa shape index (κ3) is 4.46. The van der Waals surface area contributed by atoms with Gasteiger partial charge in [0.25, 0.3) is 0 Å². The molecule has 4 heterocycles. The number of amides is 1. The normalized spacial score (nSPS) is 15.3. The number of likely N-dealkylation sites (N-methyl/N-ethyl adjacent to an activating group) is 2. The number of fused-ring (bicyclic) bond motifs is 1. The molecule has 0 bridgehead atoms. The lowest BCUT2D eigenvalue weighted by Gasteiger charge is -2.28. The zero-order valence-corrected chi connectivity index (χ0v) is 18.6. The maximum Gasteiger partial charge on any atom is 0.244 e. The number of anilines is 3. The largest absolute Gasteiger partial charge is 0.356 e. The predicted molar refractivity (Wildman–Crippen MR) is 122 cm³/mol. The Morgan fingerprint density at radius 3 is 2.52 bits per heavy atom. The summed E-state index contributed by atoms with van der Waals surface area (Å²) in [6, 6.07) is 7.39. The molecule has 31 heavy (non-hydrogen) atoms. The summed E-state index contributed by atoms with van der Waals surface area (Å²) in [4.78, 5) is 27.7. The lowest BCUT2D eigenvalue weighted by molar-refractivity contribution is -0.133. The van der Waals surface area contributed by atoms with Crippen molar-refractivity contribution in [1.82, 2.24) is 29.4 Å². The molecule has 3 aromatic heterocycles. The van der Waals surface area contributed by atoms with Gasteiger partial charge in [-0.25, -0.2) is 9.97 Å². The Labute approximate surface area is 182 Å². The Hall–Kier alpha value is -3.20. The number of nitrogens with zero attached hydrogens (tertiary/aromatic N) is 7. The Bertz CT molecular complexity index is 1040. The van der Waals surface area contributed by atoms with Crippen LogP contribution in [0.3, 0.4) is 0 Å². The molecule has 9 nitrogen and oxygen atoms in total. The van der Waals surface area contributed by atoms with Gasteiger partial charge in [-0.3, -0.25) is 9.69 Å². The highest BCUT2D eigenvalue weighted by molar-refractivity contribution is 5.82. The second-order valence-electron chi connectivity index (χ2n) is 8.35. The minimum atomic E-state index is -0.374. The number of hydrogen-bond donors (Lipinski definition) is 1. The standard InChI is InChI=1S/C22H30N8O/c1-27(2)21(22(31)28(3)4)16-8-9-17(23-15-16)25-20-14-19(29-12-6-5-7-13-29)26-18-10-11-24-30(18)20/h8-11,14-15,21H,5-7,12-13H2,1-4H3,(H,23,25)/t21-/m0/s1. The summed E-state index contributed by atoms with van der Waals surface area (Å²) in [6.07, 6.45) is 7.16. The lowest BCUT2D eigenvalue weighted by Crippen LogP contribution is -2.36. The van der Waals surface area contributed by atoms with Crippen LogP contribution in [0.25, 0.3) is 5.65 Å². The monoisotopic (exact) mass is 422 g/mol. The van der Waals surface area contributed by atoms with E-state index in [-0.39, 0.29) is 11.9 Å². The fraction of sp³-hybridized carbons (Fsp3) is 0.455. The highest BCUT2D eigenvalue weighted by Gasteiger charge is 2.24. The molecule has 9 heteroatoms. The minimum absolute atomic E-state index is 0.0195. The van der Waals surface area contributed by atoms with Crippen molar-refractivity contribution in [3.8, 4) is 0 Å². The second kappa shape index (κ2) is 8.89. The first-order chi connectivity index (χ1) is 14.9. The van der Waals surface area contributed by atoms with Gasteiger partial charge in [-0.15, -0.1) is 0 Å². The van der Waals surface area contributed by atoms with Crippen molar-refractivity contribution in [2.75, 3.05) is 51.5 Å². The molecule has 0 radical (unpaired) electrons. The highest BCUT2D eigenvalue weighted by atomic mass is 16.2. The molecule has 164 valence electrons. The molecule has 0 spiro atoms. The van der Waals surface area contributed by atoms with Crippen molar-refractivity contribution < 1.29 is 4.79 Å². The Balaban J connectivity index is 1.60. The van der Waals surface area contributed by atoms with Crippen molar-refractivity contribution in [2.45, 2.75) is 25.3 Å². The van der Waals surface area contributed by atoms with E-state index in [2.05, 4.69) is 20.3 Å². The van der Waals surface area contributed by atoms with Crippen LogP contribution in [0.5, 0.6) is 0 Å². The first kappa shape index (κ1) is 21.0. The topological polar surface area (TPSA) is 81.9 Å². The summed E-state index contributed by atoms with van der Waals surface area (Å²) < 4.78 is 1.78. The van der Waals surface area contributed by atoms with Crippen molar-refractivity contribution in [3.05, 3.63) is 42.2 Å². The van der Waals surface area contributed by atoms with E-state index < -0.39 is 0 Å². The van der Waals surface area contributed by atoms with E-state index >= 15 is 0 Å². The molecule has 4 rings (SSSR count). The summed E-state index contributed by atoms with van der Waals surface area (Å²) in [5.41, 5.74) is 1.65. The number of hydrogen-bond acceptors (Lipinski definition) is 7. The fourth-order valence-corrected chi connectivity index (χ4v) is 3.95. The smallest absolute Gasteiger partial charge is 0.244 e. The van der Waals surface area contributed by atoms with Gasteiger partial charge in [-0.05, 0) is 45.0 Å². The first-order valence-corrected chi connectivity index (χ1v) is 10.6. The van der Waals surface area contributed by atoms with E-state index in [1.54, 1.807) is 35.9 Å². The number of aromatic nitrogens is 4. The third-order valence-electron chi connectivity index (χ3n) is 5.58. The molecular weight excluding hydrogens is 392 g/mol. The van der Waals surface area contributed by atoms with E-state index in [1.807, 2.05) is 43.3 Å². The van der Waals surface area contributed by atoms with Crippen molar-refractivity contribution in [1.29, 1.82) is 0 Å². The van der Waals surface area contributed by atoms with Crippen molar-refractivity contribution in [3.63, 3.8) is 0 Å². The summed E-state index contributed by atoms with van der Waals surface area (Å²) in [5.74, 6) is 2.47. The van der Waals surface area contributed by atoms with E-state index in [4.69, 9.17) is 4.98 Å². The van der Waals surface area contributed by atoms with E-state index in [0.717, 1.165) is 35.9 Å². The molecule has 0 saturated carbocycles. The fourth-order valence-electron chi connectivity index (χ4n) is 3.95. The van der Waals surface area contributed by atoms with Gasteiger partial charge >= 0.3 is 0 Å². The number of carbonyl (C=O) groups excluding carboxylic acids is 1. The van der Waals surface area contributed by atoms with Crippen LogP contribution >= 0.6 is 0 Å². The Morgan fingerprint density at radius 1 is 1.10 bits per heavy atom. The zero-order valence-electron chi connectivity index (χ0n) is 18.6. The summed E-state index contributed by atoms with van der Waals surface area (Å²) in [7, 11) is 7.32. The minimum Gasteiger partial charge on any atom is -0.356 e. The second-order valence-corrected chi connectivity index (χ2v) is 8.35. The molecule has 1 N–H and O–H groups in total. The molecule has 1 amide bonds. The van der Waals surface area contributed by atoms with Crippen LogP contribution in [0.2, 0.25) is 0 Å². The molecule has 0 aliphatic carbocycles. The van der Waals surface area contributed by atoms with Gasteiger partial charge in [0.15, 0.2) is 5.65 Å². The highest BCUT2D eigenvalue weighted by Crippen LogP contribution is 2.25. The lowest BCUT2D eigenvalue weighted by atomic mass is 10.1. The average Bonchev–Trinajstić information content (AvgIpc) is 3.24. The van der Waals surface area contributed by atoms with Crippen LogP contribution < -0.4 is 10.2 Å². The van der Waals surface area contributed by atoms with Crippen LogP contribution in [0.1, 0.15) is 30.9 Å². The molecular formula is C22H30N8O. The number of pyridine rings is 1. The van der Waals surface area contributed by atoms with E-state index in [1.165, 1.54) is 19.3 Å². The Kier molecular flexibility index (Phi) is 6.03. The number of piperidine rings is 1. The number of carbonyl (C=O) groups is 1.